The van der Waals surface area contributed by atoms with E-state index in [9.17, 15) is 14.9 Å². The normalized spacial score (nSPS) is 11.0. The van der Waals surface area contributed by atoms with Crippen molar-refractivity contribution < 1.29 is 14.3 Å². The van der Waals surface area contributed by atoms with Gasteiger partial charge in [-0.1, -0.05) is 29.8 Å². The number of hydrogen-bond donors (Lipinski definition) is 2. The minimum atomic E-state index is -1.02. The molecule has 0 spiro atoms. The van der Waals surface area contributed by atoms with E-state index in [0.29, 0.717) is 22.9 Å². The van der Waals surface area contributed by atoms with Crippen molar-refractivity contribution in [2.75, 3.05) is 0 Å². The third-order valence-corrected chi connectivity index (χ3v) is 5.19. The molecule has 0 saturated heterocycles. The van der Waals surface area contributed by atoms with Crippen LogP contribution in [0.1, 0.15) is 22.5 Å². The number of ether oxygens (including phenoxy) is 1. The van der Waals surface area contributed by atoms with Crippen LogP contribution in [-0.2, 0) is 11.4 Å². The number of halogens is 1. The fourth-order valence-corrected chi connectivity index (χ4v) is 3.47. The lowest BCUT2D eigenvalue weighted by Gasteiger charge is -2.12. The second-order valence-electron chi connectivity index (χ2n) is 7.02. The first-order valence-corrected chi connectivity index (χ1v) is 10.1. The molecule has 162 valence electrons. The second-order valence-corrected chi connectivity index (χ2v) is 7.43. The average molecular weight is 449 g/mol. The van der Waals surface area contributed by atoms with Crippen LogP contribution in [0, 0.1) is 25.2 Å². The van der Waals surface area contributed by atoms with Crippen LogP contribution in [0.25, 0.3) is 11.8 Å². The van der Waals surface area contributed by atoms with Gasteiger partial charge in [0.25, 0.3) is 5.91 Å². The van der Waals surface area contributed by atoms with Crippen LogP contribution in [0.15, 0.2) is 60.2 Å². The maximum absolute atomic E-state index is 12.0. The zero-order valence-corrected chi connectivity index (χ0v) is 18.3. The molecule has 0 radical (unpaired) electrons. The summed E-state index contributed by atoms with van der Waals surface area (Å²) in [6, 6.07) is 17.7. The number of carbonyl (C=O) groups excluding carboxylic acids is 2. The summed E-state index contributed by atoms with van der Waals surface area (Å²) in [6.07, 6.45) is 1.43. The molecule has 0 bridgehead atoms. The molecule has 0 saturated carbocycles. The Bertz CT molecular complexity index is 1240. The maximum Gasteiger partial charge on any atom is 0.319 e. The van der Waals surface area contributed by atoms with Crippen LogP contribution in [0.2, 0.25) is 5.02 Å². The zero-order chi connectivity index (χ0) is 23.3. The van der Waals surface area contributed by atoms with Crippen LogP contribution in [0.3, 0.4) is 0 Å². The van der Waals surface area contributed by atoms with Crippen molar-refractivity contribution in [2.24, 2.45) is 5.73 Å². The number of urea groups is 1. The number of nitrogens with one attached hydrogen (secondary N) is 1. The molecule has 3 amide bonds. The number of rotatable bonds is 6. The van der Waals surface area contributed by atoms with Gasteiger partial charge in [0, 0.05) is 27.7 Å². The predicted octanol–water partition coefficient (Wildman–Crippen LogP) is 4.43. The molecule has 8 heteroatoms. The lowest BCUT2D eigenvalue weighted by molar-refractivity contribution is -0.115. The number of primary amides is 1. The Labute approximate surface area is 190 Å². The van der Waals surface area contributed by atoms with Gasteiger partial charge >= 0.3 is 6.03 Å². The monoisotopic (exact) mass is 448 g/mol. The minimum absolute atomic E-state index is 0.215. The molecule has 2 aromatic carbocycles. The van der Waals surface area contributed by atoms with E-state index in [1.807, 2.05) is 78.3 Å². The Hall–Kier alpha value is -4.02. The van der Waals surface area contributed by atoms with Crippen molar-refractivity contribution in [1.29, 1.82) is 5.26 Å². The minimum Gasteiger partial charge on any atom is -0.489 e. The van der Waals surface area contributed by atoms with Crippen molar-refractivity contribution in [2.45, 2.75) is 20.5 Å². The molecule has 0 aliphatic carbocycles. The van der Waals surface area contributed by atoms with E-state index in [-0.39, 0.29) is 5.57 Å². The molecule has 7 nitrogen and oxygen atoms in total. The van der Waals surface area contributed by atoms with Crippen LogP contribution >= 0.6 is 11.6 Å². The summed E-state index contributed by atoms with van der Waals surface area (Å²) in [4.78, 5) is 22.8. The fourth-order valence-electron chi connectivity index (χ4n) is 3.28. The van der Waals surface area contributed by atoms with Crippen LogP contribution in [0.5, 0.6) is 5.75 Å². The van der Waals surface area contributed by atoms with Crippen molar-refractivity contribution in [1.82, 2.24) is 9.88 Å². The van der Waals surface area contributed by atoms with E-state index in [0.717, 1.165) is 22.6 Å². The molecule has 0 aliphatic heterocycles. The van der Waals surface area contributed by atoms with Gasteiger partial charge in [0.15, 0.2) is 0 Å². The van der Waals surface area contributed by atoms with E-state index in [1.165, 1.54) is 6.08 Å². The number of aromatic nitrogens is 1. The molecule has 32 heavy (non-hydrogen) atoms. The van der Waals surface area contributed by atoms with Gasteiger partial charge in [-0.05, 0) is 61.9 Å². The first-order chi connectivity index (χ1) is 15.3. The van der Waals surface area contributed by atoms with Gasteiger partial charge in [-0.25, -0.2) is 4.79 Å². The first kappa shape index (κ1) is 22.7. The summed E-state index contributed by atoms with van der Waals surface area (Å²) in [5, 5.41) is 11.8. The van der Waals surface area contributed by atoms with Crippen molar-refractivity contribution in [3.63, 3.8) is 0 Å². The van der Waals surface area contributed by atoms with E-state index >= 15 is 0 Å². The van der Waals surface area contributed by atoms with Crippen molar-refractivity contribution in [3.8, 4) is 17.5 Å². The highest BCUT2D eigenvalue weighted by Gasteiger charge is 2.15. The number of amides is 3. The van der Waals surface area contributed by atoms with Gasteiger partial charge in [0.05, 0.1) is 0 Å². The topological polar surface area (TPSA) is 110 Å². The van der Waals surface area contributed by atoms with Gasteiger partial charge in [0.2, 0.25) is 0 Å². The predicted molar refractivity (Wildman–Crippen MR) is 122 cm³/mol. The molecular formula is C24H21ClN4O3. The smallest absolute Gasteiger partial charge is 0.319 e. The molecule has 3 rings (SSSR count). The summed E-state index contributed by atoms with van der Waals surface area (Å²) in [7, 11) is 0. The quantitative estimate of drug-likeness (QED) is 0.429. The molecule has 0 fully saturated rings. The highest BCUT2D eigenvalue weighted by atomic mass is 35.5. The van der Waals surface area contributed by atoms with Crippen molar-refractivity contribution in [3.05, 3.63) is 87.7 Å². The number of imide groups is 1. The number of aryl methyl sites for hydroxylation is 1. The number of benzene rings is 2. The van der Waals surface area contributed by atoms with Crippen LogP contribution in [-0.4, -0.2) is 16.5 Å². The second kappa shape index (κ2) is 9.86. The lowest BCUT2D eigenvalue weighted by atomic mass is 10.1. The van der Waals surface area contributed by atoms with Gasteiger partial charge in [-0.2, -0.15) is 5.26 Å². The highest BCUT2D eigenvalue weighted by Crippen LogP contribution is 2.25. The van der Waals surface area contributed by atoms with E-state index in [4.69, 9.17) is 22.1 Å². The third kappa shape index (κ3) is 5.17. The molecule has 0 aliphatic rings. The molecular weight excluding hydrogens is 428 g/mol. The molecule has 1 aromatic heterocycles. The average Bonchev–Trinajstić information content (AvgIpc) is 3.04. The number of nitrogens with zero attached hydrogens (tertiary/aromatic N) is 2. The summed E-state index contributed by atoms with van der Waals surface area (Å²) in [5.74, 6) is -0.143. The standard InChI is InChI=1S/C24H21ClN4O3/c1-15-11-18(12-19(13-26)23(30)28-24(27)31)16(2)29(15)20-7-9-21(10-8-20)32-14-17-5-3-4-6-22(17)25/h3-12H,14H2,1-2H3,(H3,27,28,30,31)/b19-12-. The van der Waals surface area contributed by atoms with E-state index in [1.54, 1.807) is 6.07 Å². The van der Waals surface area contributed by atoms with Crippen LogP contribution in [0.4, 0.5) is 4.79 Å². The molecule has 0 atom stereocenters. The summed E-state index contributed by atoms with van der Waals surface area (Å²) < 4.78 is 7.82. The first-order valence-electron chi connectivity index (χ1n) is 9.68. The Morgan fingerprint density at radius 3 is 2.50 bits per heavy atom. The summed E-state index contributed by atoms with van der Waals surface area (Å²) in [6.45, 7) is 4.16. The summed E-state index contributed by atoms with van der Waals surface area (Å²) >= 11 is 6.17. The van der Waals surface area contributed by atoms with E-state index in [2.05, 4.69) is 0 Å². The lowest BCUT2D eigenvalue weighted by Crippen LogP contribution is -2.35. The zero-order valence-electron chi connectivity index (χ0n) is 17.6. The van der Waals surface area contributed by atoms with Crippen molar-refractivity contribution >= 4 is 29.6 Å². The third-order valence-electron chi connectivity index (χ3n) is 4.82. The Kier molecular flexibility index (Phi) is 6.98. The van der Waals surface area contributed by atoms with Crippen LogP contribution < -0.4 is 15.8 Å². The SMILES string of the molecule is Cc1cc(/C=C(/C#N)C(=O)NC(N)=O)c(C)n1-c1ccc(OCc2ccccc2Cl)cc1. The maximum atomic E-state index is 12.0. The summed E-state index contributed by atoms with van der Waals surface area (Å²) in [5.41, 5.74) is 8.95. The van der Waals surface area contributed by atoms with Gasteiger partial charge in [-0.3, -0.25) is 10.1 Å². The fraction of sp³-hybridized carbons (Fsp3) is 0.125. The Morgan fingerprint density at radius 1 is 1.19 bits per heavy atom. The van der Waals surface area contributed by atoms with E-state index < -0.39 is 11.9 Å². The largest absolute Gasteiger partial charge is 0.489 e. The molecule has 3 aromatic rings. The molecule has 0 unspecified atom stereocenters. The Balaban J connectivity index is 1.81. The number of carbonyl (C=O) groups is 2. The number of nitriles is 1. The van der Waals surface area contributed by atoms with Gasteiger partial charge in [-0.15, -0.1) is 0 Å². The Morgan fingerprint density at radius 2 is 1.88 bits per heavy atom. The molecule has 1 heterocycles. The van der Waals surface area contributed by atoms with Gasteiger partial charge < -0.3 is 15.0 Å². The molecule has 3 N–H and O–H groups in total. The number of hydrogen-bond acceptors (Lipinski definition) is 4. The highest BCUT2D eigenvalue weighted by molar-refractivity contribution is 6.31. The number of nitrogens with two attached hydrogens (primary N) is 1. The van der Waals surface area contributed by atoms with Gasteiger partial charge in [0.1, 0.15) is 24.0 Å².